The van der Waals surface area contributed by atoms with Crippen molar-refractivity contribution in [2.75, 3.05) is 0 Å². The van der Waals surface area contributed by atoms with Crippen LogP contribution in [0.4, 0.5) is 0 Å². The highest BCUT2D eigenvalue weighted by atomic mass is 32.4. The summed E-state index contributed by atoms with van der Waals surface area (Å²) < 4.78 is 28.4. The van der Waals surface area contributed by atoms with Crippen LogP contribution in [0.2, 0.25) is 6.04 Å². The summed E-state index contributed by atoms with van der Waals surface area (Å²) in [5.41, 5.74) is 0. The summed E-state index contributed by atoms with van der Waals surface area (Å²) in [6, 6.07) is 0.593. The Bertz CT molecular complexity index is 151. The van der Waals surface area contributed by atoms with E-state index in [0.717, 1.165) is 12.8 Å². The van der Waals surface area contributed by atoms with Gasteiger partial charge in [-0.1, -0.05) is 19.8 Å². The molecular weight excluding hydrogens is 156 g/mol. The Morgan fingerprint density at radius 2 is 2.11 bits per heavy atom. The second kappa shape index (κ2) is 4.03. The molecule has 0 heterocycles. The van der Waals surface area contributed by atoms with E-state index in [-0.39, 0.29) is 8.67 Å². The highest BCUT2D eigenvalue weighted by molar-refractivity contribution is 8.10. The predicted molar refractivity (Wildman–Crippen MR) is 37.0 cm³/mol. The summed E-state index contributed by atoms with van der Waals surface area (Å²) in [4.78, 5) is 0. The van der Waals surface area contributed by atoms with Crippen LogP contribution < -0.4 is 0 Å². The molecule has 0 aliphatic carbocycles. The van der Waals surface area contributed by atoms with Crippen LogP contribution in [0.25, 0.3) is 0 Å². The Morgan fingerprint density at radius 1 is 1.56 bits per heavy atom. The minimum absolute atomic E-state index is 0.324. The van der Waals surface area contributed by atoms with Gasteiger partial charge in [0.05, 0.1) is 0 Å². The van der Waals surface area contributed by atoms with Crippen LogP contribution in [0.3, 0.4) is 0 Å². The van der Waals surface area contributed by atoms with E-state index in [1.54, 1.807) is 0 Å². The Labute approximate surface area is 57.7 Å². The highest BCUT2D eigenvalue weighted by Gasteiger charge is 2.04. The molecule has 0 saturated heterocycles. The van der Waals surface area contributed by atoms with E-state index in [1.165, 1.54) is 0 Å². The van der Waals surface area contributed by atoms with Gasteiger partial charge in [0.15, 0.2) is 0 Å². The molecule has 0 bridgehead atoms. The van der Waals surface area contributed by atoms with E-state index in [0.29, 0.717) is 6.04 Å². The van der Waals surface area contributed by atoms with Gasteiger partial charge in [0, 0.05) is 0 Å². The van der Waals surface area contributed by atoms with Gasteiger partial charge in [0.1, 0.15) is 0 Å². The van der Waals surface area contributed by atoms with Crippen molar-refractivity contribution in [3.63, 3.8) is 0 Å². The molecule has 3 nitrogen and oxygen atoms in total. The maximum atomic E-state index is 10.1. The highest BCUT2D eigenvalue weighted by Crippen LogP contribution is 1.95. The fourth-order valence-electron chi connectivity index (χ4n) is 0.378. The lowest BCUT2D eigenvalue weighted by atomic mass is 10.4. The molecule has 0 aromatic carbocycles. The third kappa shape index (κ3) is 8.13. The molecule has 0 saturated carbocycles. The second-order valence-corrected chi connectivity index (χ2v) is 5.88. The van der Waals surface area contributed by atoms with E-state index in [4.69, 9.17) is 4.55 Å². The molecule has 54 valence electrons. The van der Waals surface area contributed by atoms with Gasteiger partial charge in [-0.2, -0.15) is 0 Å². The summed E-state index contributed by atoms with van der Waals surface area (Å²) in [6.07, 6.45) is 1.85. The van der Waals surface area contributed by atoms with Crippen molar-refractivity contribution in [3.05, 3.63) is 0 Å². The summed E-state index contributed by atoms with van der Waals surface area (Å²) in [5, 5.41) is 0. The zero-order valence-corrected chi connectivity index (χ0v) is 7.11. The number of hydrogen-bond acceptors (Lipinski definition) is 2. The quantitative estimate of drug-likeness (QED) is 0.380. The fourth-order valence-corrected chi connectivity index (χ4v) is 2.34. The van der Waals surface area contributed by atoms with Crippen molar-refractivity contribution in [1.29, 1.82) is 0 Å². The van der Waals surface area contributed by atoms with Gasteiger partial charge in [0.2, 0.25) is 18.2 Å². The summed E-state index contributed by atoms with van der Waals surface area (Å²) in [7, 11) is -3.99. The molecule has 5 heteroatoms. The van der Waals surface area contributed by atoms with Crippen LogP contribution >= 0.6 is 0 Å². The molecular formula is C4H10O3SSi. The van der Waals surface area contributed by atoms with Crippen molar-refractivity contribution < 1.29 is 13.0 Å². The molecule has 9 heavy (non-hydrogen) atoms. The van der Waals surface area contributed by atoms with E-state index >= 15 is 0 Å². The minimum atomic E-state index is -3.67. The van der Waals surface area contributed by atoms with Gasteiger partial charge in [-0.3, -0.25) is 4.55 Å². The smallest absolute Gasteiger partial charge is 0.249 e. The first kappa shape index (κ1) is 9.13. The zero-order chi connectivity index (χ0) is 7.33. The number of unbranched alkanes of at least 4 members (excludes halogenated alkanes) is 1. The summed E-state index contributed by atoms with van der Waals surface area (Å²) in [6.45, 7) is 1.98. The first-order valence-electron chi connectivity index (χ1n) is 2.78. The normalized spacial score (nSPS) is 11.8. The van der Waals surface area contributed by atoms with Crippen molar-refractivity contribution in [1.82, 2.24) is 0 Å². The Morgan fingerprint density at radius 3 is 2.44 bits per heavy atom. The third-order valence-electron chi connectivity index (χ3n) is 0.815. The van der Waals surface area contributed by atoms with Gasteiger partial charge in [0.25, 0.3) is 0 Å². The first-order chi connectivity index (χ1) is 4.06. The van der Waals surface area contributed by atoms with Crippen molar-refractivity contribution in [2.45, 2.75) is 25.8 Å². The van der Waals surface area contributed by atoms with Crippen LogP contribution in [0, 0.1) is 0 Å². The molecule has 0 aliphatic heterocycles. The van der Waals surface area contributed by atoms with Gasteiger partial charge in [-0.15, -0.1) is 0 Å². The Hall–Kier alpha value is 0.127. The summed E-state index contributed by atoms with van der Waals surface area (Å²) in [5.74, 6) is 0. The minimum Gasteiger partial charge on any atom is -0.292 e. The molecule has 0 spiro atoms. The van der Waals surface area contributed by atoms with Gasteiger partial charge in [-0.25, -0.2) is 8.42 Å². The van der Waals surface area contributed by atoms with Crippen molar-refractivity contribution in [2.24, 2.45) is 0 Å². The second-order valence-electron chi connectivity index (χ2n) is 1.72. The van der Waals surface area contributed by atoms with Gasteiger partial charge < -0.3 is 0 Å². The van der Waals surface area contributed by atoms with Crippen LogP contribution in [0.15, 0.2) is 0 Å². The SMILES string of the molecule is CCCC[Si]S(=O)(=O)O. The molecule has 1 N–H and O–H groups in total. The van der Waals surface area contributed by atoms with Crippen LogP contribution in [0.5, 0.6) is 0 Å². The lowest BCUT2D eigenvalue weighted by Gasteiger charge is -1.90. The Balaban J connectivity index is 3.30. The van der Waals surface area contributed by atoms with Crippen molar-refractivity contribution in [3.8, 4) is 0 Å². The maximum Gasteiger partial charge on any atom is 0.249 e. The van der Waals surface area contributed by atoms with E-state index in [2.05, 4.69) is 0 Å². The number of hydrogen-bond donors (Lipinski definition) is 1. The molecule has 0 amide bonds. The molecule has 2 radical (unpaired) electrons. The monoisotopic (exact) mass is 166 g/mol. The van der Waals surface area contributed by atoms with E-state index in [9.17, 15) is 8.42 Å². The third-order valence-corrected chi connectivity index (χ3v) is 3.44. The Kier molecular flexibility index (Phi) is 4.08. The lowest BCUT2D eigenvalue weighted by Crippen LogP contribution is -2.06. The molecule has 0 atom stereocenters. The summed E-state index contributed by atoms with van der Waals surface area (Å²) >= 11 is 0. The largest absolute Gasteiger partial charge is 0.292 e. The van der Waals surface area contributed by atoms with Crippen LogP contribution in [0.1, 0.15) is 19.8 Å². The molecule has 0 aliphatic rings. The molecule has 0 unspecified atom stereocenters. The van der Waals surface area contributed by atoms with Crippen molar-refractivity contribution >= 4 is 18.2 Å². The van der Waals surface area contributed by atoms with Gasteiger partial charge >= 0.3 is 0 Å². The van der Waals surface area contributed by atoms with Gasteiger partial charge in [-0.05, 0) is 6.04 Å². The molecule has 0 fully saturated rings. The number of rotatable bonds is 4. The molecule has 0 aromatic rings. The predicted octanol–water partition coefficient (Wildman–Crippen LogP) is 0.712. The lowest BCUT2D eigenvalue weighted by molar-refractivity contribution is 0.500. The average molecular weight is 166 g/mol. The first-order valence-corrected chi connectivity index (χ1v) is 6.15. The van der Waals surface area contributed by atoms with E-state index in [1.807, 2.05) is 6.92 Å². The van der Waals surface area contributed by atoms with E-state index < -0.39 is 9.57 Å². The standard InChI is InChI=1S/C4H10O3SSi/c1-2-3-4-9-8(5,6)7/h2-4H2,1H3,(H,5,6,7). The fraction of sp³-hybridized carbons (Fsp3) is 1.00. The average Bonchev–Trinajstić information content (AvgIpc) is 1.63. The van der Waals surface area contributed by atoms with Crippen LogP contribution in [-0.2, 0) is 9.57 Å². The zero-order valence-electron chi connectivity index (χ0n) is 5.29. The maximum absolute atomic E-state index is 10.1. The molecule has 0 rings (SSSR count). The topological polar surface area (TPSA) is 54.4 Å². The van der Waals surface area contributed by atoms with Crippen LogP contribution in [-0.4, -0.2) is 21.6 Å². The molecule has 0 aromatic heterocycles.